The van der Waals surface area contributed by atoms with Crippen LogP contribution in [0.25, 0.3) is 0 Å². The number of carbonyl (C=O) groups is 1. The average molecular weight is 432 g/mol. The molecule has 0 aliphatic heterocycles. The lowest BCUT2D eigenvalue weighted by atomic mass is 10.0. The summed E-state index contributed by atoms with van der Waals surface area (Å²) in [7, 11) is 0. The van der Waals surface area contributed by atoms with Crippen molar-refractivity contribution in [3.8, 4) is 0 Å². The van der Waals surface area contributed by atoms with Crippen LogP contribution in [0, 0.1) is 5.92 Å². The molecule has 0 saturated carbocycles. The van der Waals surface area contributed by atoms with Gasteiger partial charge in [0.2, 0.25) is 5.91 Å². The number of hydrogen-bond acceptors (Lipinski definition) is 2. The highest BCUT2D eigenvalue weighted by molar-refractivity contribution is 14.0. The molecule has 0 aliphatic carbocycles. The van der Waals surface area contributed by atoms with Crippen molar-refractivity contribution in [2.75, 3.05) is 11.9 Å². The summed E-state index contributed by atoms with van der Waals surface area (Å²) < 4.78 is 0. The first-order chi connectivity index (χ1) is 10.5. The molecule has 1 unspecified atom stereocenters. The SMILES string of the molecule is CC(C)CCCC(C)NC(N)=NCC(=O)Nc1ccccc1.I. The van der Waals surface area contributed by atoms with Crippen LogP contribution in [0.3, 0.4) is 0 Å². The average Bonchev–Trinajstić information content (AvgIpc) is 2.46. The first kappa shape index (κ1) is 21.7. The first-order valence-corrected chi connectivity index (χ1v) is 7.88. The lowest BCUT2D eigenvalue weighted by Gasteiger charge is -2.15. The van der Waals surface area contributed by atoms with Crippen molar-refractivity contribution >= 4 is 41.5 Å². The Hall–Kier alpha value is -1.31. The normalized spacial score (nSPS) is 12.4. The van der Waals surface area contributed by atoms with E-state index in [9.17, 15) is 4.79 Å². The number of carbonyl (C=O) groups excluding carboxylic acids is 1. The third-order valence-corrected chi connectivity index (χ3v) is 3.26. The van der Waals surface area contributed by atoms with Crippen molar-refractivity contribution in [2.45, 2.75) is 46.1 Å². The van der Waals surface area contributed by atoms with E-state index in [2.05, 4.69) is 36.4 Å². The largest absolute Gasteiger partial charge is 0.370 e. The van der Waals surface area contributed by atoms with E-state index in [-0.39, 0.29) is 42.5 Å². The van der Waals surface area contributed by atoms with Gasteiger partial charge in [-0.25, -0.2) is 4.99 Å². The highest BCUT2D eigenvalue weighted by atomic mass is 127. The van der Waals surface area contributed by atoms with Gasteiger partial charge in [0.15, 0.2) is 5.96 Å². The Balaban J connectivity index is 0.00000484. The Morgan fingerprint density at radius 1 is 1.17 bits per heavy atom. The summed E-state index contributed by atoms with van der Waals surface area (Å²) in [4.78, 5) is 15.8. The number of halogens is 1. The first-order valence-electron chi connectivity index (χ1n) is 7.88. The third kappa shape index (κ3) is 11.0. The van der Waals surface area contributed by atoms with Crippen LogP contribution in [0.2, 0.25) is 0 Å². The fraction of sp³-hybridized carbons (Fsp3) is 0.529. The molecule has 1 rings (SSSR count). The second-order valence-corrected chi connectivity index (χ2v) is 5.99. The fourth-order valence-corrected chi connectivity index (χ4v) is 2.08. The minimum atomic E-state index is -0.177. The van der Waals surface area contributed by atoms with Crippen LogP contribution in [0.15, 0.2) is 35.3 Å². The number of nitrogens with one attached hydrogen (secondary N) is 2. The maximum Gasteiger partial charge on any atom is 0.246 e. The number of aliphatic imine (C=N–C) groups is 1. The summed E-state index contributed by atoms with van der Waals surface area (Å²) in [5.41, 5.74) is 6.57. The highest BCUT2D eigenvalue weighted by Crippen LogP contribution is 2.08. The lowest BCUT2D eigenvalue weighted by molar-refractivity contribution is -0.114. The Kier molecular flexibility index (Phi) is 11.5. The maximum absolute atomic E-state index is 11.7. The number of benzene rings is 1. The minimum Gasteiger partial charge on any atom is -0.370 e. The Morgan fingerprint density at radius 2 is 1.83 bits per heavy atom. The molecule has 5 nitrogen and oxygen atoms in total. The molecule has 0 saturated heterocycles. The maximum atomic E-state index is 11.7. The van der Waals surface area contributed by atoms with Gasteiger partial charge in [-0.2, -0.15) is 0 Å². The van der Waals surface area contributed by atoms with Crippen LogP contribution in [0.5, 0.6) is 0 Å². The second-order valence-electron chi connectivity index (χ2n) is 5.99. The Bertz CT molecular complexity index is 477. The van der Waals surface area contributed by atoms with E-state index in [0.717, 1.165) is 24.4 Å². The third-order valence-electron chi connectivity index (χ3n) is 3.26. The van der Waals surface area contributed by atoms with Crippen LogP contribution < -0.4 is 16.4 Å². The number of rotatable bonds is 8. The highest BCUT2D eigenvalue weighted by Gasteiger charge is 2.05. The van der Waals surface area contributed by atoms with Crippen LogP contribution >= 0.6 is 24.0 Å². The molecule has 1 amide bonds. The standard InChI is InChI=1S/C17H28N4O.HI/c1-13(2)8-7-9-14(3)20-17(18)19-12-16(22)21-15-10-5-4-6-11-15;/h4-6,10-11,13-14H,7-9,12H2,1-3H3,(H,21,22)(H3,18,19,20);1H. The van der Waals surface area contributed by atoms with Gasteiger partial charge < -0.3 is 16.4 Å². The van der Waals surface area contributed by atoms with Gasteiger partial charge in [-0.3, -0.25) is 4.79 Å². The molecule has 0 radical (unpaired) electrons. The van der Waals surface area contributed by atoms with Crippen LogP contribution in [0.4, 0.5) is 5.69 Å². The van der Waals surface area contributed by atoms with Gasteiger partial charge in [0.05, 0.1) is 0 Å². The van der Waals surface area contributed by atoms with E-state index < -0.39 is 0 Å². The lowest BCUT2D eigenvalue weighted by Crippen LogP contribution is -2.39. The summed E-state index contributed by atoms with van der Waals surface area (Å²) in [5, 5.41) is 5.89. The molecule has 0 fully saturated rings. The zero-order chi connectivity index (χ0) is 16.4. The number of para-hydroxylation sites is 1. The van der Waals surface area contributed by atoms with E-state index >= 15 is 0 Å². The van der Waals surface area contributed by atoms with Crippen LogP contribution in [-0.2, 0) is 4.79 Å². The molecule has 23 heavy (non-hydrogen) atoms. The van der Waals surface area contributed by atoms with Crippen LogP contribution in [0.1, 0.15) is 40.0 Å². The van der Waals surface area contributed by atoms with Gasteiger partial charge in [0.1, 0.15) is 6.54 Å². The predicted octanol–water partition coefficient (Wildman–Crippen LogP) is 3.36. The van der Waals surface area contributed by atoms with E-state index in [1.807, 2.05) is 30.3 Å². The molecule has 4 N–H and O–H groups in total. The summed E-state index contributed by atoms with van der Waals surface area (Å²) in [6.07, 6.45) is 3.42. The zero-order valence-corrected chi connectivity index (χ0v) is 16.5. The minimum absolute atomic E-state index is 0. The number of amides is 1. The van der Waals surface area contributed by atoms with Gasteiger partial charge in [-0.1, -0.05) is 44.9 Å². The van der Waals surface area contributed by atoms with Crippen molar-refractivity contribution in [3.63, 3.8) is 0 Å². The molecular weight excluding hydrogens is 403 g/mol. The second kappa shape index (κ2) is 12.2. The van der Waals surface area contributed by atoms with Crippen molar-refractivity contribution in [1.29, 1.82) is 0 Å². The number of anilines is 1. The van der Waals surface area contributed by atoms with Gasteiger partial charge >= 0.3 is 0 Å². The molecular formula is C17H29IN4O. The van der Waals surface area contributed by atoms with Crippen molar-refractivity contribution in [2.24, 2.45) is 16.6 Å². The number of nitrogens with zero attached hydrogens (tertiary/aromatic N) is 1. The van der Waals surface area contributed by atoms with Gasteiger partial charge in [0, 0.05) is 11.7 Å². The summed E-state index contributed by atoms with van der Waals surface area (Å²) in [6, 6.07) is 9.57. The number of guanidine groups is 1. The molecule has 0 aliphatic rings. The van der Waals surface area contributed by atoms with E-state index in [0.29, 0.717) is 5.96 Å². The number of nitrogens with two attached hydrogens (primary N) is 1. The molecule has 1 aromatic rings. The van der Waals surface area contributed by atoms with E-state index in [4.69, 9.17) is 5.73 Å². The smallest absolute Gasteiger partial charge is 0.246 e. The molecule has 1 aromatic carbocycles. The molecule has 130 valence electrons. The Labute approximate surface area is 156 Å². The molecule has 0 spiro atoms. The fourth-order valence-electron chi connectivity index (χ4n) is 2.08. The van der Waals surface area contributed by atoms with Crippen LogP contribution in [-0.4, -0.2) is 24.5 Å². The molecule has 6 heteroatoms. The topological polar surface area (TPSA) is 79.5 Å². The molecule has 0 heterocycles. The van der Waals surface area contributed by atoms with Crippen molar-refractivity contribution in [3.05, 3.63) is 30.3 Å². The Morgan fingerprint density at radius 3 is 2.43 bits per heavy atom. The molecule has 1 atom stereocenters. The predicted molar refractivity (Wildman–Crippen MR) is 108 cm³/mol. The van der Waals surface area contributed by atoms with E-state index in [1.165, 1.54) is 6.42 Å². The zero-order valence-electron chi connectivity index (χ0n) is 14.2. The summed E-state index contributed by atoms with van der Waals surface area (Å²) >= 11 is 0. The monoisotopic (exact) mass is 432 g/mol. The summed E-state index contributed by atoms with van der Waals surface area (Å²) in [5.74, 6) is 0.864. The van der Waals surface area contributed by atoms with Gasteiger partial charge in [0.25, 0.3) is 0 Å². The summed E-state index contributed by atoms with van der Waals surface area (Å²) in [6.45, 7) is 6.54. The van der Waals surface area contributed by atoms with Crippen molar-refractivity contribution < 1.29 is 4.79 Å². The van der Waals surface area contributed by atoms with Crippen molar-refractivity contribution in [1.82, 2.24) is 5.32 Å². The van der Waals surface area contributed by atoms with Gasteiger partial charge in [-0.05, 0) is 31.4 Å². The number of hydrogen-bond donors (Lipinski definition) is 3. The van der Waals surface area contributed by atoms with Gasteiger partial charge in [-0.15, -0.1) is 24.0 Å². The quantitative estimate of drug-likeness (QED) is 0.335. The molecule has 0 aromatic heterocycles. The van der Waals surface area contributed by atoms with E-state index in [1.54, 1.807) is 0 Å². The molecule has 0 bridgehead atoms.